The molecule has 2 N–H and O–H groups in total. The van der Waals surface area contributed by atoms with Gasteiger partial charge in [-0.15, -0.1) is 0 Å². The van der Waals surface area contributed by atoms with Crippen LogP contribution in [-0.2, 0) is 10.0 Å². The fourth-order valence-corrected chi connectivity index (χ4v) is 4.89. The molecule has 2 aromatic carbocycles. The normalized spacial score (nSPS) is 23.6. The van der Waals surface area contributed by atoms with Crippen molar-refractivity contribution in [3.8, 4) is 11.5 Å². The first-order valence-corrected chi connectivity index (χ1v) is 9.70. The maximum atomic E-state index is 13.0. The topological polar surface area (TPSA) is 81.9 Å². The lowest BCUT2D eigenvalue weighted by molar-refractivity contribution is 0.171. The predicted molar refractivity (Wildman–Crippen MR) is 93.3 cm³/mol. The Morgan fingerprint density at radius 3 is 2.44 bits per heavy atom. The van der Waals surface area contributed by atoms with E-state index >= 15 is 0 Å². The van der Waals surface area contributed by atoms with Crippen molar-refractivity contribution in [3.63, 3.8) is 0 Å². The van der Waals surface area contributed by atoms with Crippen LogP contribution in [0.1, 0.15) is 11.5 Å². The zero-order valence-electron chi connectivity index (χ0n) is 13.7. The average Bonchev–Trinajstić information content (AvgIpc) is 3.04. The molecule has 0 aromatic heterocycles. The van der Waals surface area contributed by atoms with Crippen molar-refractivity contribution in [1.82, 2.24) is 4.31 Å². The molecule has 132 valence electrons. The summed E-state index contributed by atoms with van der Waals surface area (Å²) >= 11 is 0. The van der Waals surface area contributed by atoms with Crippen LogP contribution in [0.2, 0.25) is 0 Å². The smallest absolute Gasteiger partial charge is 0.243 e. The molecule has 0 spiro atoms. The molecule has 0 saturated carbocycles. The Labute approximate surface area is 147 Å². The molecule has 2 aliphatic rings. The predicted octanol–water partition coefficient (Wildman–Crippen LogP) is 1.57. The molecule has 1 saturated heterocycles. The fourth-order valence-electron chi connectivity index (χ4n) is 3.37. The Kier molecular flexibility index (Phi) is 4.15. The molecule has 0 unspecified atom stereocenters. The number of fused-ring (bicyclic) bond motifs is 1. The summed E-state index contributed by atoms with van der Waals surface area (Å²) in [5.41, 5.74) is 7.30. The molecule has 7 heteroatoms. The summed E-state index contributed by atoms with van der Waals surface area (Å²) in [5, 5.41) is 0. The van der Waals surface area contributed by atoms with Gasteiger partial charge >= 0.3 is 0 Å². The van der Waals surface area contributed by atoms with Gasteiger partial charge in [-0.2, -0.15) is 4.31 Å². The van der Waals surface area contributed by atoms with Crippen LogP contribution in [0.15, 0.2) is 53.4 Å². The zero-order chi connectivity index (χ0) is 17.4. The van der Waals surface area contributed by atoms with Crippen LogP contribution in [0.4, 0.5) is 0 Å². The fraction of sp³-hybridized carbons (Fsp3) is 0.333. The van der Waals surface area contributed by atoms with Gasteiger partial charge in [0, 0.05) is 31.1 Å². The van der Waals surface area contributed by atoms with E-state index in [0.29, 0.717) is 37.8 Å². The lowest BCUT2D eigenvalue weighted by Crippen LogP contribution is -2.32. The number of rotatable bonds is 3. The number of ether oxygens (including phenoxy) is 2. The molecule has 25 heavy (non-hydrogen) atoms. The van der Waals surface area contributed by atoms with Crippen LogP contribution >= 0.6 is 0 Å². The average molecular weight is 360 g/mol. The van der Waals surface area contributed by atoms with E-state index in [4.69, 9.17) is 15.2 Å². The summed E-state index contributed by atoms with van der Waals surface area (Å²) in [6, 6.07) is 14.3. The molecule has 0 radical (unpaired) electrons. The van der Waals surface area contributed by atoms with Crippen molar-refractivity contribution in [2.45, 2.75) is 16.9 Å². The minimum atomic E-state index is -3.63. The van der Waals surface area contributed by atoms with Crippen molar-refractivity contribution in [2.24, 2.45) is 5.73 Å². The molecular formula is C18H20N2O4S. The standard InChI is InChI=1S/C18H20N2O4S/c19-16-12-20(11-15(16)13-4-2-1-3-5-13)25(21,22)14-6-7-17-18(10-14)24-9-8-23-17/h1-7,10,15-16H,8-9,11-12,19H2/t15-,16+/m0/s1. The third-order valence-corrected chi connectivity index (χ3v) is 6.54. The minimum absolute atomic E-state index is 0.00631. The largest absolute Gasteiger partial charge is 0.486 e. The number of benzene rings is 2. The van der Waals surface area contributed by atoms with E-state index in [0.717, 1.165) is 5.56 Å². The van der Waals surface area contributed by atoms with E-state index < -0.39 is 10.0 Å². The first-order valence-electron chi connectivity index (χ1n) is 8.26. The maximum Gasteiger partial charge on any atom is 0.243 e. The summed E-state index contributed by atoms with van der Waals surface area (Å²) in [4.78, 5) is 0.206. The molecule has 0 bridgehead atoms. The van der Waals surface area contributed by atoms with Gasteiger partial charge in [0.05, 0.1) is 4.90 Å². The highest BCUT2D eigenvalue weighted by Crippen LogP contribution is 2.35. The van der Waals surface area contributed by atoms with Crippen LogP contribution in [0.5, 0.6) is 11.5 Å². The Morgan fingerprint density at radius 1 is 0.960 bits per heavy atom. The van der Waals surface area contributed by atoms with E-state index in [1.54, 1.807) is 12.1 Å². The number of nitrogens with zero attached hydrogens (tertiary/aromatic N) is 1. The van der Waals surface area contributed by atoms with Crippen molar-refractivity contribution >= 4 is 10.0 Å². The van der Waals surface area contributed by atoms with Gasteiger partial charge < -0.3 is 15.2 Å². The summed E-state index contributed by atoms with van der Waals surface area (Å²) in [5.74, 6) is 1.04. The van der Waals surface area contributed by atoms with Crippen molar-refractivity contribution < 1.29 is 17.9 Å². The molecule has 2 aromatic rings. The monoisotopic (exact) mass is 360 g/mol. The highest BCUT2D eigenvalue weighted by Gasteiger charge is 2.38. The second-order valence-electron chi connectivity index (χ2n) is 6.31. The summed E-state index contributed by atoms with van der Waals surface area (Å²) in [7, 11) is -3.63. The molecule has 0 amide bonds. The molecule has 0 aliphatic carbocycles. The van der Waals surface area contributed by atoms with Gasteiger partial charge in [0.15, 0.2) is 11.5 Å². The summed E-state index contributed by atoms with van der Waals surface area (Å²) < 4.78 is 38.4. The molecule has 6 nitrogen and oxygen atoms in total. The van der Waals surface area contributed by atoms with Crippen LogP contribution in [0.25, 0.3) is 0 Å². The van der Waals surface area contributed by atoms with Gasteiger partial charge in [0.25, 0.3) is 0 Å². The third-order valence-electron chi connectivity index (χ3n) is 4.71. The second kappa shape index (κ2) is 6.33. The molecule has 2 atom stereocenters. The van der Waals surface area contributed by atoms with Crippen LogP contribution < -0.4 is 15.2 Å². The van der Waals surface area contributed by atoms with Gasteiger partial charge in [0.1, 0.15) is 13.2 Å². The molecule has 2 aliphatic heterocycles. The highest BCUT2D eigenvalue weighted by molar-refractivity contribution is 7.89. The summed E-state index contributed by atoms with van der Waals surface area (Å²) in [6.45, 7) is 1.57. The molecule has 1 fully saturated rings. The Morgan fingerprint density at radius 2 is 1.68 bits per heavy atom. The molecular weight excluding hydrogens is 340 g/mol. The second-order valence-corrected chi connectivity index (χ2v) is 8.25. The van der Waals surface area contributed by atoms with E-state index in [1.165, 1.54) is 10.4 Å². The van der Waals surface area contributed by atoms with Crippen LogP contribution in [0, 0.1) is 0 Å². The third kappa shape index (κ3) is 2.99. The maximum absolute atomic E-state index is 13.0. The lowest BCUT2D eigenvalue weighted by atomic mass is 9.95. The van der Waals surface area contributed by atoms with Gasteiger partial charge in [-0.05, 0) is 17.7 Å². The molecule has 2 heterocycles. The Balaban J connectivity index is 1.61. The number of sulfonamides is 1. The number of nitrogens with two attached hydrogens (primary N) is 1. The Bertz CT molecular complexity index is 870. The first kappa shape index (κ1) is 16.4. The van der Waals surface area contributed by atoms with E-state index in [2.05, 4.69) is 0 Å². The zero-order valence-corrected chi connectivity index (χ0v) is 14.5. The lowest BCUT2D eigenvalue weighted by Gasteiger charge is -2.21. The van der Waals surface area contributed by atoms with E-state index in [9.17, 15) is 8.42 Å². The highest BCUT2D eigenvalue weighted by atomic mass is 32.2. The van der Waals surface area contributed by atoms with Crippen LogP contribution in [0.3, 0.4) is 0 Å². The number of hydrogen-bond donors (Lipinski definition) is 1. The van der Waals surface area contributed by atoms with Crippen molar-refractivity contribution in [3.05, 3.63) is 54.1 Å². The van der Waals surface area contributed by atoms with E-state index in [1.807, 2.05) is 30.3 Å². The van der Waals surface area contributed by atoms with Crippen molar-refractivity contribution in [1.29, 1.82) is 0 Å². The first-order chi connectivity index (χ1) is 12.1. The SMILES string of the molecule is N[C@@H]1CN(S(=O)(=O)c2ccc3c(c2)OCCO3)C[C@H]1c1ccccc1. The van der Waals surface area contributed by atoms with Crippen molar-refractivity contribution in [2.75, 3.05) is 26.3 Å². The summed E-state index contributed by atoms with van der Waals surface area (Å²) in [6.07, 6.45) is 0. The molecule has 4 rings (SSSR count). The van der Waals surface area contributed by atoms with Gasteiger partial charge in [0.2, 0.25) is 10.0 Å². The quantitative estimate of drug-likeness (QED) is 0.899. The van der Waals surface area contributed by atoms with Gasteiger partial charge in [-0.25, -0.2) is 8.42 Å². The Hall–Kier alpha value is -2.09. The minimum Gasteiger partial charge on any atom is -0.486 e. The van der Waals surface area contributed by atoms with Crippen LogP contribution in [-0.4, -0.2) is 45.1 Å². The van der Waals surface area contributed by atoms with Gasteiger partial charge in [-0.3, -0.25) is 0 Å². The number of hydrogen-bond acceptors (Lipinski definition) is 5. The van der Waals surface area contributed by atoms with E-state index in [-0.39, 0.29) is 16.9 Å². The van der Waals surface area contributed by atoms with Gasteiger partial charge in [-0.1, -0.05) is 30.3 Å².